The summed E-state index contributed by atoms with van der Waals surface area (Å²) in [5.74, 6) is 4.62. The highest BCUT2D eigenvalue weighted by Crippen LogP contribution is 2.44. The van der Waals surface area contributed by atoms with Crippen LogP contribution in [0, 0.1) is 5.41 Å². The summed E-state index contributed by atoms with van der Waals surface area (Å²) in [6, 6.07) is -0.843. The SMILES string of the molecule is CCc1c[n+](N)c(SCC2(C(=O)O)CS[C@@H]3C(NC(=O)C(=NOC)c4csc(N)n4)C(=O)N3C2)nc1N. The van der Waals surface area contributed by atoms with Gasteiger partial charge in [0.1, 0.15) is 35.8 Å². The molecule has 37 heavy (non-hydrogen) atoms. The number of nitrogens with zero attached hydrogens (tertiary/aromatic N) is 5. The monoisotopic (exact) mass is 568 g/mol. The van der Waals surface area contributed by atoms with Crippen molar-refractivity contribution in [3.8, 4) is 0 Å². The van der Waals surface area contributed by atoms with Crippen LogP contribution < -0.4 is 27.3 Å². The zero-order valence-corrected chi connectivity index (χ0v) is 22.4. The number of aliphatic carboxylic acids is 1. The number of carbonyl (C=O) groups excluding carboxylic acids is 2. The van der Waals surface area contributed by atoms with E-state index in [4.69, 9.17) is 22.1 Å². The van der Waals surface area contributed by atoms with E-state index < -0.39 is 28.7 Å². The van der Waals surface area contributed by atoms with Gasteiger partial charge in [0.05, 0.1) is 5.56 Å². The van der Waals surface area contributed by atoms with Crippen molar-refractivity contribution in [3.63, 3.8) is 0 Å². The van der Waals surface area contributed by atoms with Gasteiger partial charge in [-0.25, -0.2) is 4.98 Å². The number of nitrogen functional groups attached to an aromatic ring is 3. The Bertz CT molecular complexity index is 1270. The molecule has 4 heterocycles. The molecule has 0 bridgehead atoms. The van der Waals surface area contributed by atoms with Crippen molar-refractivity contribution in [2.24, 2.45) is 10.6 Å². The zero-order valence-electron chi connectivity index (χ0n) is 19.9. The smallest absolute Gasteiger partial charge is 0.384 e. The predicted molar refractivity (Wildman–Crippen MR) is 139 cm³/mol. The van der Waals surface area contributed by atoms with Gasteiger partial charge in [0.25, 0.3) is 5.91 Å². The third-order valence-corrected chi connectivity index (χ3v) is 9.49. The van der Waals surface area contributed by atoms with Crippen LogP contribution >= 0.6 is 34.9 Å². The van der Waals surface area contributed by atoms with E-state index in [1.54, 1.807) is 11.6 Å². The molecular formula is C20H26N9O5S3+. The van der Waals surface area contributed by atoms with Gasteiger partial charge in [-0.15, -0.1) is 27.8 Å². The molecule has 3 atom stereocenters. The molecule has 2 aliphatic heterocycles. The van der Waals surface area contributed by atoms with Crippen LogP contribution in [0.1, 0.15) is 18.2 Å². The average molecular weight is 569 g/mol. The van der Waals surface area contributed by atoms with Crippen LogP contribution in [0.25, 0.3) is 0 Å². The van der Waals surface area contributed by atoms with Gasteiger partial charge in [0.15, 0.2) is 10.8 Å². The Morgan fingerprint density at radius 3 is 2.81 bits per heavy atom. The number of carboxylic acids is 1. The molecule has 8 N–H and O–H groups in total. The minimum atomic E-state index is -1.25. The molecule has 0 saturated carbocycles. The summed E-state index contributed by atoms with van der Waals surface area (Å²) in [5, 5.41) is 18.2. The fourth-order valence-electron chi connectivity index (χ4n) is 3.91. The number of β-lactam (4-membered cyclic amide) rings is 1. The second-order valence-corrected chi connectivity index (χ2v) is 11.3. The molecule has 2 amide bonds. The number of carbonyl (C=O) groups is 3. The van der Waals surface area contributed by atoms with Gasteiger partial charge in [-0.1, -0.05) is 12.1 Å². The van der Waals surface area contributed by atoms with Crippen LogP contribution in [0.5, 0.6) is 0 Å². The van der Waals surface area contributed by atoms with E-state index in [0.29, 0.717) is 17.4 Å². The van der Waals surface area contributed by atoms with Gasteiger partial charge < -0.3 is 31.6 Å². The molecule has 14 nitrogen and oxygen atoms in total. The van der Waals surface area contributed by atoms with Crippen LogP contribution in [0.3, 0.4) is 0 Å². The quantitative estimate of drug-likeness (QED) is 0.0462. The Morgan fingerprint density at radius 2 is 2.19 bits per heavy atom. The van der Waals surface area contributed by atoms with Gasteiger partial charge in [-0.05, 0) is 23.2 Å². The van der Waals surface area contributed by atoms with Crippen LogP contribution in [0.15, 0.2) is 21.9 Å². The van der Waals surface area contributed by atoms with Crippen molar-refractivity contribution in [1.82, 2.24) is 20.2 Å². The molecule has 0 spiro atoms. The van der Waals surface area contributed by atoms with Crippen LogP contribution in [0.4, 0.5) is 10.9 Å². The largest absolute Gasteiger partial charge is 0.481 e. The number of aromatic nitrogens is 3. The number of hydrogen-bond acceptors (Lipinski definition) is 13. The highest BCUT2D eigenvalue weighted by atomic mass is 32.2. The van der Waals surface area contributed by atoms with E-state index >= 15 is 0 Å². The Balaban J connectivity index is 1.44. The Morgan fingerprint density at radius 1 is 1.43 bits per heavy atom. The van der Waals surface area contributed by atoms with Crippen LogP contribution in [-0.4, -0.2) is 80.0 Å². The molecular weight excluding hydrogens is 542 g/mol. The molecule has 2 aliphatic rings. The number of carboxylic acid groups (broad SMARTS) is 1. The van der Waals surface area contributed by atoms with Gasteiger partial charge in [-0.3, -0.25) is 20.2 Å². The Kier molecular flexibility index (Phi) is 7.65. The van der Waals surface area contributed by atoms with Gasteiger partial charge in [0.2, 0.25) is 11.7 Å². The lowest BCUT2D eigenvalue weighted by molar-refractivity contribution is -0.682. The maximum Gasteiger partial charge on any atom is 0.384 e. The number of fused-ring (bicyclic) bond motifs is 1. The number of rotatable bonds is 9. The maximum absolute atomic E-state index is 12.9. The topological polar surface area (TPSA) is 216 Å². The van der Waals surface area contributed by atoms with Crippen molar-refractivity contribution in [2.45, 2.75) is 29.9 Å². The van der Waals surface area contributed by atoms with Gasteiger partial charge in [-0.2, -0.15) is 0 Å². The minimum absolute atomic E-state index is 0.0209. The van der Waals surface area contributed by atoms with Crippen LogP contribution in [-0.2, 0) is 25.6 Å². The summed E-state index contributed by atoms with van der Waals surface area (Å²) in [5.41, 5.74) is 11.3. The molecule has 198 valence electrons. The normalized spacial score (nSPS) is 23.2. The fraction of sp³-hybridized carbons (Fsp3) is 0.450. The molecule has 2 aromatic rings. The number of anilines is 2. The van der Waals surface area contributed by atoms with Crippen LogP contribution in [0.2, 0.25) is 0 Å². The third kappa shape index (κ3) is 5.10. The number of hydrogen-bond donors (Lipinski definition) is 5. The van der Waals surface area contributed by atoms with Crippen molar-refractivity contribution < 1.29 is 29.0 Å². The predicted octanol–water partition coefficient (Wildman–Crippen LogP) is -1.12. The Hall–Kier alpha value is -3.31. The number of thiazole rings is 1. The summed E-state index contributed by atoms with van der Waals surface area (Å²) in [7, 11) is 1.29. The lowest BCUT2D eigenvalue weighted by Gasteiger charge is -2.53. The molecule has 2 unspecified atom stereocenters. The first-order valence-electron chi connectivity index (χ1n) is 11.0. The standard InChI is InChI=1S/C20H25N9O5S3/c1-3-9-4-29(23)19(26-13(9)21)37-8-20(17(32)33)6-28-15(31)12(16(28)36-7-20)25-14(30)11(27-34-2)10-5-35-18(22)24-10/h4-5,12,16,21H,3,6-8,23H2,1-2H3,(H4,22,24,25,30,32,33)/p+1/t12?,16-,20?/m1/s1. The Labute approximate surface area is 224 Å². The lowest BCUT2D eigenvalue weighted by atomic mass is 9.89. The van der Waals surface area contributed by atoms with Crippen molar-refractivity contribution in [1.29, 1.82) is 0 Å². The first-order valence-corrected chi connectivity index (χ1v) is 13.9. The second kappa shape index (κ2) is 10.6. The van der Waals surface area contributed by atoms with Crippen molar-refractivity contribution >= 4 is 69.3 Å². The molecule has 2 aromatic heterocycles. The summed E-state index contributed by atoms with van der Waals surface area (Å²) in [6.45, 7) is 1.90. The van der Waals surface area contributed by atoms with E-state index in [1.165, 1.54) is 28.4 Å². The lowest BCUT2D eigenvalue weighted by Crippen LogP contribution is -2.74. The summed E-state index contributed by atoms with van der Waals surface area (Å²) in [6.07, 6.45) is 2.32. The summed E-state index contributed by atoms with van der Waals surface area (Å²) >= 11 is 3.58. The minimum Gasteiger partial charge on any atom is -0.481 e. The summed E-state index contributed by atoms with van der Waals surface area (Å²) < 4.78 is 1.32. The number of oxime groups is 1. The first kappa shape index (κ1) is 26.7. The van der Waals surface area contributed by atoms with E-state index in [0.717, 1.165) is 28.7 Å². The molecule has 2 saturated heterocycles. The maximum atomic E-state index is 12.9. The molecule has 4 rings (SSSR count). The number of nitrogens with one attached hydrogen (secondary N) is 1. The number of thioether (sulfide) groups is 2. The molecule has 0 radical (unpaired) electrons. The molecule has 2 fully saturated rings. The molecule has 17 heteroatoms. The van der Waals surface area contributed by atoms with E-state index in [-0.39, 0.29) is 40.5 Å². The molecule has 0 aromatic carbocycles. The van der Waals surface area contributed by atoms with Gasteiger partial charge >= 0.3 is 11.1 Å². The number of aryl methyl sites for hydroxylation is 1. The number of amides is 2. The van der Waals surface area contributed by atoms with Crippen molar-refractivity contribution in [3.05, 3.63) is 22.8 Å². The molecule has 0 aliphatic carbocycles. The highest BCUT2D eigenvalue weighted by Gasteiger charge is 2.57. The average Bonchev–Trinajstić information content (AvgIpc) is 3.31. The number of nitrogens with two attached hydrogens (primary N) is 3. The van der Waals surface area contributed by atoms with E-state index in [2.05, 4.69) is 20.4 Å². The second-order valence-electron chi connectivity index (χ2n) is 8.38. The fourth-order valence-corrected chi connectivity index (χ4v) is 7.22. The van der Waals surface area contributed by atoms with E-state index in [1.807, 2.05) is 6.92 Å². The van der Waals surface area contributed by atoms with E-state index in [9.17, 15) is 19.5 Å². The van der Waals surface area contributed by atoms with Crippen molar-refractivity contribution in [2.75, 3.05) is 42.5 Å². The first-order chi connectivity index (χ1) is 17.6. The highest BCUT2D eigenvalue weighted by molar-refractivity contribution is 8.00. The zero-order chi connectivity index (χ0) is 26.9. The van der Waals surface area contributed by atoms with Gasteiger partial charge in [0, 0.05) is 23.4 Å². The summed E-state index contributed by atoms with van der Waals surface area (Å²) in [4.78, 5) is 52.7. The third-order valence-electron chi connectivity index (χ3n) is 5.97.